The lowest BCUT2D eigenvalue weighted by Crippen LogP contribution is -2.32. The molecule has 134 valence electrons. The first-order chi connectivity index (χ1) is 12.7. The molecule has 0 radical (unpaired) electrons. The minimum absolute atomic E-state index is 0.0900. The van der Waals surface area contributed by atoms with Crippen LogP contribution in [0.5, 0.6) is 0 Å². The van der Waals surface area contributed by atoms with Crippen LogP contribution in [-0.2, 0) is 9.53 Å². The van der Waals surface area contributed by atoms with Crippen molar-refractivity contribution in [3.63, 3.8) is 0 Å². The number of hydrogen-bond donors (Lipinski definition) is 1. The first-order valence-corrected chi connectivity index (χ1v) is 8.67. The van der Waals surface area contributed by atoms with Gasteiger partial charge in [0.1, 0.15) is 5.58 Å². The Balaban J connectivity index is 1.58. The molecule has 0 saturated heterocycles. The van der Waals surface area contributed by atoms with E-state index in [1.807, 2.05) is 48.5 Å². The summed E-state index contributed by atoms with van der Waals surface area (Å²) in [6, 6.07) is 18.6. The lowest BCUT2D eigenvalue weighted by atomic mass is 10.0. The molecule has 0 aliphatic rings. The van der Waals surface area contributed by atoms with Crippen molar-refractivity contribution in [1.82, 2.24) is 5.32 Å². The Hall–Kier alpha value is -3.08. The number of para-hydroxylation sites is 1. The lowest BCUT2D eigenvalue weighted by Gasteiger charge is -2.18. The molecule has 0 aliphatic carbocycles. The average Bonchev–Trinajstić information content (AvgIpc) is 3.11. The number of ether oxygens (including phenoxy) is 1. The smallest absolute Gasteiger partial charge is 0.374 e. The van der Waals surface area contributed by atoms with Gasteiger partial charge >= 0.3 is 5.97 Å². The van der Waals surface area contributed by atoms with E-state index < -0.39 is 5.97 Å². The summed E-state index contributed by atoms with van der Waals surface area (Å²) < 4.78 is 10.5. The fourth-order valence-corrected chi connectivity index (χ4v) is 2.82. The van der Waals surface area contributed by atoms with Crippen LogP contribution in [-0.4, -0.2) is 18.5 Å². The Morgan fingerprint density at radius 3 is 2.54 bits per heavy atom. The largest absolute Gasteiger partial charge is 0.450 e. The molecule has 1 atom stereocenters. The van der Waals surface area contributed by atoms with Crippen molar-refractivity contribution < 1.29 is 18.7 Å². The van der Waals surface area contributed by atoms with Crippen molar-refractivity contribution in [1.29, 1.82) is 0 Å². The van der Waals surface area contributed by atoms with Crippen LogP contribution in [0.2, 0.25) is 0 Å². The molecule has 0 saturated carbocycles. The zero-order chi connectivity index (χ0) is 18.4. The van der Waals surface area contributed by atoms with E-state index in [2.05, 4.69) is 12.2 Å². The number of hydrogen-bond acceptors (Lipinski definition) is 4. The van der Waals surface area contributed by atoms with Gasteiger partial charge in [-0.3, -0.25) is 4.79 Å². The zero-order valence-electron chi connectivity index (χ0n) is 14.6. The third kappa shape index (κ3) is 4.30. The molecule has 1 aromatic heterocycles. The summed E-state index contributed by atoms with van der Waals surface area (Å²) in [5.41, 5.74) is 1.64. The van der Waals surface area contributed by atoms with Gasteiger partial charge in [0.05, 0.1) is 6.04 Å². The third-order valence-corrected chi connectivity index (χ3v) is 4.08. The number of furan rings is 1. The standard InChI is InChI=1S/C21H21NO4/c1-2-8-17(15-9-4-3-5-10-15)22-20(23)14-25-21(24)19-13-16-11-6-7-12-18(16)26-19/h3-7,9-13,17H,2,8,14H2,1H3,(H,22,23)/t17-/m1/s1. The summed E-state index contributed by atoms with van der Waals surface area (Å²) in [6.07, 6.45) is 1.74. The fourth-order valence-electron chi connectivity index (χ4n) is 2.82. The first kappa shape index (κ1) is 17.7. The molecular weight excluding hydrogens is 330 g/mol. The van der Waals surface area contributed by atoms with E-state index in [1.54, 1.807) is 12.1 Å². The van der Waals surface area contributed by atoms with Crippen molar-refractivity contribution in [3.8, 4) is 0 Å². The first-order valence-electron chi connectivity index (χ1n) is 8.67. The highest BCUT2D eigenvalue weighted by atomic mass is 16.5. The molecule has 0 fully saturated rings. The van der Waals surface area contributed by atoms with E-state index in [0.29, 0.717) is 5.58 Å². The molecular formula is C21H21NO4. The second kappa shape index (κ2) is 8.34. The monoisotopic (exact) mass is 351 g/mol. The van der Waals surface area contributed by atoms with Crippen LogP contribution in [0.1, 0.15) is 41.9 Å². The number of fused-ring (bicyclic) bond motifs is 1. The molecule has 0 bridgehead atoms. The van der Waals surface area contributed by atoms with Crippen molar-refractivity contribution in [2.75, 3.05) is 6.61 Å². The number of amides is 1. The number of rotatable bonds is 7. The average molecular weight is 351 g/mol. The van der Waals surface area contributed by atoms with Crippen LogP contribution in [0, 0.1) is 0 Å². The molecule has 0 unspecified atom stereocenters. The Kier molecular flexibility index (Phi) is 5.69. The Bertz CT molecular complexity index is 852. The Morgan fingerprint density at radius 2 is 1.81 bits per heavy atom. The maximum absolute atomic E-state index is 12.2. The maximum atomic E-state index is 12.2. The molecule has 2 aromatic carbocycles. The summed E-state index contributed by atoms with van der Waals surface area (Å²) in [6.45, 7) is 1.71. The van der Waals surface area contributed by atoms with Crippen molar-refractivity contribution in [2.45, 2.75) is 25.8 Å². The molecule has 5 nitrogen and oxygen atoms in total. The maximum Gasteiger partial charge on any atom is 0.374 e. The molecule has 1 N–H and O–H groups in total. The van der Waals surface area contributed by atoms with Gasteiger partial charge in [0, 0.05) is 5.39 Å². The quantitative estimate of drug-likeness (QED) is 0.646. The van der Waals surface area contributed by atoms with Gasteiger partial charge in [-0.25, -0.2) is 4.79 Å². The van der Waals surface area contributed by atoms with E-state index in [1.165, 1.54) is 0 Å². The van der Waals surface area contributed by atoms with Crippen LogP contribution >= 0.6 is 0 Å². The van der Waals surface area contributed by atoms with Crippen LogP contribution in [0.4, 0.5) is 0 Å². The predicted molar refractivity (Wildman–Crippen MR) is 98.7 cm³/mol. The third-order valence-electron chi connectivity index (χ3n) is 4.08. The molecule has 3 aromatic rings. The van der Waals surface area contributed by atoms with Gasteiger partial charge in [-0.1, -0.05) is 61.9 Å². The fraction of sp³-hybridized carbons (Fsp3) is 0.238. The van der Waals surface area contributed by atoms with Crippen LogP contribution in [0.3, 0.4) is 0 Å². The van der Waals surface area contributed by atoms with Crippen molar-refractivity contribution in [2.24, 2.45) is 0 Å². The Labute approximate surface area is 152 Å². The number of carbonyl (C=O) groups is 2. The molecule has 1 heterocycles. The number of carbonyl (C=O) groups excluding carboxylic acids is 2. The highest BCUT2D eigenvalue weighted by molar-refractivity contribution is 5.93. The van der Waals surface area contributed by atoms with Crippen LogP contribution < -0.4 is 5.32 Å². The minimum Gasteiger partial charge on any atom is -0.450 e. The minimum atomic E-state index is -0.650. The van der Waals surface area contributed by atoms with E-state index >= 15 is 0 Å². The number of benzene rings is 2. The predicted octanol–water partition coefficient (Wildman–Crippen LogP) is 4.25. The number of nitrogens with one attached hydrogen (secondary N) is 1. The van der Waals surface area contributed by atoms with Gasteiger partial charge in [0.25, 0.3) is 5.91 Å². The molecule has 3 rings (SSSR count). The van der Waals surface area contributed by atoms with Gasteiger partial charge in [0.15, 0.2) is 6.61 Å². The number of esters is 1. The summed E-state index contributed by atoms with van der Waals surface area (Å²) in [7, 11) is 0. The van der Waals surface area contributed by atoms with Gasteiger partial charge < -0.3 is 14.5 Å². The second-order valence-electron chi connectivity index (χ2n) is 6.04. The van der Waals surface area contributed by atoms with Crippen molar-refractivity contribution >= 4 is 22.8 Å². The van der Waals surface area contributed by atoms with Gasteiger partial charge in [-0.05, 0) is 24.1 Å². The summed E-state index contributed by atoms with van der Waals surface area (Å²) in [4.78, 5) is 24.3. The topological polar surface area (TPSA) is 68.5 Å². The highest BCUT2D eigenvalue weighted by Crippen LogP contribution is 2.20. The molecule has 0 aliphatic heterocycles. The molecule has 5 heteroatoms. The van der Waals surface area contributed by atoms with E-state index in [9.17, 15) is 9.59 Å². The van der Waals surface area contributed by atoms with Crippen LogP contribution in [0.15, 0.2) is 65.1 Å². The SMILES string of the molecule is CCC[C@@H](NC(=O)COC(=O)c1cc2ccccc2o1)c1ccccc1. The van der Waals surface area contributed by atoms with E-state index in [4.69, 9.17) is 9.15 Å². The molecule has 0 spiro atoms. The van der Waals surface area contributed by atoms with Gasteiger partial charge in [0.2, 0.25) is 5.76 Å². The lowest BCUT2D eigenvalue weighted by molar-refractivity contribution is -0.125. The molecule has 26 heavy (non-hydrogen) atoms. The summed E-state index contributed by atoms with van der Waals surface area (Å²) >= 11 is 0. The zero-order valence-corrected chi connectivity index (χ0v) is 14.6. The second-order valence-corrected chi connectivity index (χ2v) is 6.04. The Morgan fingerprint density at radius 1 is 1.08 bits per heavy atom. The van der Waals surface area contributed by atoms with Gasteiger partial charge in [-0.2, -0.15) is 0 Å². The normalized spacial score (nSPS) is 11.9. The summed E-state index contributed by atoms with van der Waals surface area (Å²) in [5, 5.41) is 3.74. The van der Waals surface area contributed by atoms with E-state index in [0.717, 1.165) is 23.8 Å². The summed E-state index contributed by atoms with van der Waals surface area (Å²) in [5.74, 6) is -0.896. The van der Waals surface area contributed by atoms with Crippen LogP contribution in [0.25, 0.3) is 11.0 Å². The molecule has 1 amide bonds. The van der Waals surface area contributed by atoms with E-state index in [-0.39, 0.29) is 24.3 Å². The van der Waals surface area contributed by atoms with Crippen molar-refractivity contribution in [3.05, 3.63) is 72.0 Å². The highest BCUT2D eigenvalue weighted by Gasteiger charge is 2.18. The van der Waals surface area contributed by atoms with Gasteiger partial charge in [-0.15, -0.1) is 0 Å².